The lowest BCUT2D eigenvalue weighted by atomic mass is 9.82. The molecule has 1 amide bonds. The van der Waals surface area contributed by atoms with Crippen LogP contribution in [-0.2, 0) is 68.2 Å². The smallest absolute Gasteiger partial charge is 0.445 e. The van der Waals surface area contributed by atoms with E-state index in [0.717, 1.165) is 12.0 Å². The number of carbonyl (C=O) groups is 2. The Balaban J connectivity index is 1.30. The van der Waals surface area contributed by atoms with Crippen LogP contribution in [0.1, 0.15) is 114 Å². The molecule has 0 aliphatic carbocycles. The molecule has 6 rings (SSSR count). The summed E-state index contributed by atoms with van der Waals surface area (Å²) in [4.78, 5) is 25.8. The van der Waals surface area contributed by atoms with Crippen molar-refractivity contribution in [2.24, 2.45) is 47.3 Å². The Kier molecular flexibility index (Phi) is 24.3. The molecule has 0 aromatic heterocycles. The van der Waals surface area contributed by atoms with Gasteiger partial charge in [0.15, 0.2) is 37.6 Å². The Labute approximate surface area is 471 Å². The van der Waals surface area contributed by atoms with Crippen LogP contribution in [0.5, 0.6) is 0 Å². The highest BCUT2D eigenvalue weighted by molar-refractivity contribution is 6.67. The van der Waals surface area contributed by atoms with Gasteiger partial charge in [-0.25, -0.2) is 9.59 Å². The normalized spacial score (nSPS) is 41.8. The fraction of sp³-hybridized carbons (Fsp3) is 0.821. The quantitative estimate of drug-likeness (QED) is 0.0595. The van der Waals surface area contributed by atoms with E-state index >= 15 is 0 Å². The molecule has 1 aromatic rings. The molecular formula is C56H88Cl3NO17. The number of aliphatic hydroxyl groups is 2. The van der Waals surface area contributed by atoms with Crippen molar-refractivity contribution in [1.82, 2.24) is 5.32 Å². The Morgan fingerprint density at radius 3 is 1.77 bits per heavy atom. The highest BCUT2D eigenvalue weighted by Gasteiger charge is 2.55. The molecule has 5 heterocycles. The topological polar surface area (TPSA) is 207 Å². The Bertz CT molecular complexity index is 1970. The number of nitrogens with one attached hydrogen (secondary N) is 1. The number of amides is 1. The highest BCUT2D eigenvalue weighted by Crippen LogP contribution is 2.43. The van der Waals surface area contributed by atoms with E-state index < -0.39 is 127 Å². The van der Waals surface area contributed by atoms with E-state index in [4.69, 9.17) is 96.4 Å². The van der Waals surface area contributed by atoms with Crippen molar-refractivity contribution in [3.05, 3.63) is 48.6 Å². The molecule has 18 nitrogen and oxygen atoms in total. The molecule has 0 bridgehead atoms. The predicted octanol–water partition coefficient (Wildman–Crippen LogP) is 9.62. The van der Waals surface area contributed by atoms with Crippen LogP contribution < -0.4 is 5.32 Å². The van der Waals surface area contributed by atoms with Crippen LogP contribution in [0, 0.1) is 47.3 Å². The summed E-state index contributed by atoms with van der Waals surface area (Å²) in [5, 5.41) is 25.6. The lowest BCUT2D eigenvalue weighted by Gasteiger charge is -2.52. The number of rotatable bonds is 21. The second kappa shape index (κ2) is 29.2. The van der Waals surface area contributed by atoms with E-state index in [1.54, 1.807) is 0 Å². The van der Waals surface area contributed by atoms with E-state index in [1.165, 1.54) is 6.08 Å². The number of halogens is 3. The van der Waals surface area contributed by atoms with Gasteiger partial charge in [0.25, 0.3) is 0 Å². The number of aliphatic hydroxyl groups excluding tert-OH is 2. The average molecular weight is 1150 g/mol. The van der Waals surface area contributed by atoms with Gasteiger partial charge in [0.1, 0.15) is 25.4 Å². The van der Waals surface area contributed by atoms with Crippen molar-refractivity contribution >= 4 is 47.1 Å². The van der Waals surface area contributed by atoms with Crippen molar-refractivity contribution in [1.29, 1.82) is 0 Å². The van der Waals surface area contributed by atoms with Crippen molar-refractivity contribution < 1.29 is 81.4 Å². The van der Waals surface area contributed by atoms with Gasteiger partial charge in [0.05, 0.1) is 68.1 Å². The number of hydrogen-bond donors (Lipinski definition) is 3. The maximum Gasteiger partial charge on any atom is 0.509 e. The van der Waals surface area contributed by atoms with E-state index in [2.05, 4.69) is 39.6 Å². The molecule has 77 heavy (non-hydrogen) atoms. The van der Waals surface area contributed by atoms with Crippen LogP contribution in [0.15, 0.2) is 43.0 Å². The number of ether oxygens (including phenoxy) is 13. The molecule has 21 heteroatoms. The SMILES string of the molecule is C=CCOC(=O)OC1[C@@H](OCC2O[C@@H](O[C@@H]3C(CC)O[C@@H](O[C@@H]4C(CC)O[C@@H](O)C(NC(=O)OCC(Cl)(Cl)Cl)[C@H]4C)C(C)[C@H]3C)C(OCc3ccccc3)[C@@H](O[C@@H]3OC(CC)[C@H](C)[C@@H](C)C3O)[C@@H]2C)OC(CC)[C@@H](C)[C@@H]1C. The Morgan fingerprint density at radius 1 is 0.597 bits per heavy atom. The first-order chi connectivity index (χ1) is 36.5. The number of benzene rings is 1. The zero-order chi connectivity index (χ0) is 56.5. The predicted molar refractivity (Wildman–Crippen MR) is 287 cm³/mol. The van der Waals surface area contributed by atoms with Crippen LogP contribution in [0.4, 0.5) is 9.59 Å². The highest BCUT2D eigenvalue weighted by atomic mass is 35.6. The first-order valence-electron chi connectivity index (χ1n) is 27.9. The molecular weight excluding hydrogens is 1060 g/mol. The lowest BCUT2D eigenvalue weighted by Crippen LogP contribution is -2.63. The van der Waals surface area contributed by atoms with E-state index in [0.29, 0.717) is 19.3 Å². The second-order valence-corrected chi connectivity index (χ2v) is 24.4. The van der Waals surface area contributed by atoms with E-state index in [1.807, 2.05) is 85.7 Å². The van der Waals surface area contributed by atoms with Gasteiger partial charge in [-0.3, -0.25) is 0 Å². The summed E-state index contributed by atoms with van der Waals surface area (Å²) in [6.07, 6.45) is -9.89. The minimum atomic E-state index is -1.83. The molecule has 5 saturated heterocycles. The van der Waals surface area contributed by atoms with Gasteiger partial charge in [-0.05, 0) is 54.9 Å². The summed E-state index contributed by atoms with van der Waals surface area (Å²) in [7, 11) is 0. The lowest BCUT2D eigenvalue weighted by molar-refractivity contribution is -0.377. The van der Waals surface area contributed by atoms with Crippen molar-refractivity contribution in [2.45, 2.75) is 224 Å². The number of hydrogen-bond acceptors (Lipinski definition) is 17. The van der Waals surface area contributed by atoms with Crippen molar-refractivity contribution in [3.63, 3.8) is 0 Å². The van der Waals surface area contributed by atoms with Gasteiger partial charge in [-0.1, -0.05) is 161 Å². The zero-order valence-electron chi connectivity index (χ0n) is 46.9. The molecule has 0 radical (unpaired) electrons. The molecule has 440 valence electrons. The standard InChI is InChI=1S/C56H88Cl3NO17/c1-14-24-65-55(64)77-47-31(9)29(7)38(16-3)71-52(47)67-26-41-34(12)46(76-51-43(61)30(8)28(6)37(15-2)70-51)48(66-25-36-22-20-19-21-23-36)53(73-41)75-44-32(10)33(11)50(72-40(44)18-5)74-45-35(13)42(49(62)69-39(45)17-4)60-54(63)68-27-56(57,58)59/h14,19-23,28-35,37-53,61-62H,1,15-18,24-27H2,2-13H3,(H,60,63)/t28-,29+,30-,31+,32-,33?,34-,35-,37?,38?,39?,40?,41?,42?,43?,44+,45+,46+,47?,48?,49-,50+,51+,52+,53+/m1/s1. The summed E-state index contributed by atoms with van der Waals surface area (Å²) in [5.74, 6) is -1.65. The van der Waals surface area contributed by atoms with Crippen molar-refractivity contribution in [3.8, 4) is 0 Å². The monoisotopic (exact) mass is 1150 g/mol. The van der Waals surface area contributed by atoms with Gasteiger partial charge < -0.3 is 77.1 Å². The molecule has 10 unspecified atom stereocenters. The second-order valence-electron chi connectivity index (χ2n) is 21.9. The third kappa shape index (κ3) is 16.1. The third-order valence-electron chi connectivity index (χ3n) is 17.0. The van der Waals surface area contributed by atoms with E-state index in [9.17, 15) is 19.8 Å². The summed E-state index contributed by atoms with van der Waals surface area (Å²) in [6, 6.07) is 8.84. The van der Waals surface area contributed by atoms with Crippen LogP contribution in [0.25, 0.3) is 0 Å². The molecule has 5 aliphatic heterocycles. The molecule has 1 aromatic carbocycles. The first kappa shape index (κ1) is 64.1. The average Bonchev–Trinajstić information content (AvgIpc) is 3.42. The molecule has 0 saturated carbocycles. The summed E-state index contributed by atoms with van der Waals surface area (Å²) in [5.41, 5.74) is 0.914. The zero-order valence-corrected chi connectivity index (χ0v) is 49.2. The van der Waals surface area contributed by atoms with Crippen LogP contribution in [-0.4, -0.2) is 151 Å². The number of carbonyl (C=O) groups excluding carboxylic acids is 2. The third-order valence-corrected chi connectivity index (χ3v) is 17.3. The fourth-order valence-corrected chi connectivity index (χ4v) is 11.6. The molecule has 5 aliphatic rings. The van der Waals surface area contributed by atoms with Gasteiger partial charge in [0.2, 0.25) is 3.79 Å². The van der Waals surface area contributed by atoms with Crippen LogP contribution in [0.2, 0.25) is 0 Å². The maximum absolute atomic E-state index is 13.0. The van der Waals surface area contributed by atoms with E-state index in [-0.39, 0.29) is 67.5 Å². The minimum absolute atomic E-state index is 0.0193. The molecule has 0 spiro atoms. The number of alkyl halides is 3. The van der Waals surface area contributed by atoms with Crippen LogP contribution in [0.3, 0.4) is 0 Å². The minimum Gasteiger partial charge on any atom is -0.445 e. The molecule has 25 atom stereocenters. The molecule has 3 N–H and O–H groups in total. The number of alkyl carbamates (subject to hydrolysis) is 1. The van der Waals surface area contributed by atoms with Crippen molar-refractivity contribution in [2.75, 3.05) is 19.8 Å². The van der Waals surface area contributed by atoms with Gasteiger partial charge in [-0.15, -0.1) is 0 Å². The molecule has 5 fully saturated rings. The fourth-order valence-electron chi connectivity index (χ4n) is 11.5. The summed E-state index contributed by atoms with van der Waals surface area (Å²) < 4.78 is 82.4. The largest absolute Gasteiger partial charge is 0.509 e. The Morgan fingerprint density at radius 2 is 1.14 bits per heavy atom. The Hall–Kier alpha value is -2.11. The first-order valence-corrected chi connectivity index (χ1v) is 29.0. The van der Waals surface area contributed by atoms with Gasteiger partial charge in [-0.2, -0.15) is 0 Å². The van der Waals surface area contributed by atoms with Gasteiger partial charge in [0, 0.05) is 23.7 Å². The maximum atomic E-state index is 13.0. The van der Waals surface area contributed by atoms with Gasteiger partial charge >= 0.3 is 12.2 Å². The summed E-state index contributed by atoms with van der Waals surface area (Å²) in [6.45, 7) is 27.4. The summed E-state index contributed by atoms with van der Waals surface area (Å²) >= 11 is 17.4. The van der Waals surface area contributed by atoms with Crippen LogP contribution >= 0.6 is 34.8 Å².